The van der Waals surface area contributed by atoms with Gasteiger partial charge in [0.05, 0.1) is 12.0 Å². The topological polar surface area (TPSA) is 133 Å². The summed E-state index contributed by atoms with van der Waals surface area (Å²) in [6, 6.07) is 14.1. The van der Waals surface area contributed by atoms with E-state index in [1.807, 2.05) is 69.3 Å². The molecule has 0 aliphatic heterocycles. The van der Waals surface area contributed by atoms with Crippen LogP contribution in [0.15, 0.2) is 48.5 Å². The van der Waals surface area contributed by atoms with Gasteiger partial charge in [-0.1, -0.05) is 62.4 Å². The number of aliphatic carboxylic acids is 2. The summed E-state index contributed by atoms with van der Waals surface area (Å²) in [5, 5.41) is 28.9. The Morgan fingerprint density at radius 2 is 1.45 bits per heavy atom. The van der Waals surface area contributed by atoms with Gasteiger partial charge in [0.1, 0.15) is 12.6 Å². The number of carbonyl (C=O) groups is 3. The first-order valence-corrected chi connectivity index (χ1v) is 10.9. The van der Waals surface area contributed by atoms with Crippen molar-refractivity contribution in [2.75, 3.05) is 6.61 Å². The second kappa shape index (κ2) is 11.5. The van der Waals surface area contributed by atoms with E-state index in [1.165, 1.54) is 0 Å². The van der Waals surface area contributed by atoms with E-state index in [9.17, 15) is 14.4 Å². The molecule has 0 heterocycles. The van der Waals surface area contributed by atoms with Gasteiger partial charge in [0.25, 0.3) is 0 Å². The Kier molecular flexibility index (Phi) is 8.99. The van der Waals surface area contributed by atoms with Crippen molar-refractivity contribution >= 4 is 18.0 Å². The van der Waals surface area contributed by atoms with E-state index in [0.29, 0.717) is 0 Å². The molecule has 0 spiro atoms. The zero-order chi connectivity index (χ0) is 24.6. The fraction of sp³-hybridized carbons (Fsp3) is 0.400. The molecule has 33 heavy (non-hydrogen) atoms. The zero-order valence-electron chi connectivity index (χ0n) is 19.1. The Hall–Kier alpha value is -3.39. The average Bonchev–Trinajstić information content (AvgIpc) is 3.11. The van der Waals surface area contributed by atoms with Gasteiger partial charge in [0, 0.05) is 5.92 Å². The summed E-state index contributed by atoms with van der Waals surface area (Å²) in [5.41, 5.74) is 3.79. The Balaban J connectivity index is 0.000000479. The fourth-order valence-corrected chi connectivity index (χ4v) is 3.41. The minimum absolute atomic E-state index is 0.0271. The van der Waals surface area contributed by atoms with Crippen molar-refractivity contribution in [1.29, 1.82) is 0 Å². The lowest BCUT2D eigenvalue weighted by Gasteiger charge is -2.17. The number of hydrogen-bond acceptors (Lipinski definition) is 5. The lowest BCUT2D eigenvalue weighted by Crippen LogP contribution is -2.42. The number of benzene rings is 2. The summed E-state index contributed by atoms with van der Waals surface area (Å²) in [6.45, 7) is 5.86. The van der Waals surface area contributed by atoms with E-state index in [-0.39, 0.29) is 12.5 Å². The van der Waals surface area contributed by atoms with E-state index < -0.39 is 36.1 Å². The van der Waals surface area contributed by atoms with Crippen LogP contribution in [0.5, 0.6) is 0 Å². The average molecular weight is 458 g/mol. The molecule has 2 aromatic rings. The Bertz CT molecular complexity index is 935. The van der Waals surface area contributed by atoms with Crippen molar-refractivity contribution in [3.05, 3.63) is 59.7 Å². The molecule has 1 atom stereocenters. The molecule has 0 aromatic heterocycles. The van der Waals surface area contributed by atoms with Crippen LogP contribution in [0.4, 0.5) is 4.79 Å². The van der Waals surface area contributed by atoms with Gasteiger partial charge in [0.2, 0.25) is 0 Å². The van der Waals surface area contributed by atoms with Crippen LogP contribution >= 0.6 is 0 Å². The van der Waals surface area contributed by atoms with Crippen molar-refractivity contribution in [2.45, 2.75) is 57.6 Å². The molecule has 0 saturated heterocycles. The third-order valence-corrected chi connectivity index (χ3v) is 5.84. The molecule has 1 unspecified atom stereocenters. The molecular formula is C25H31NO7. The molecule has 2 aromatic carbocycles. The van der Waals surface area contributed by atoms with Gasteiger partial charge >= 0.3 is 18.0 Å². The summed E-state index contributed by atoms with van der Waals surface area (Å²) in [6.07, 6.45) is 0.0208. The van der Waals surface area contributed by atoms with E-state index in [0.717, 1.165) is 35.1 Å². The number of carbonyl (C=O) groups excluding carboxylic acids is 1. The minimum atomic E-state index is -1.54. The van der Waals surface area contributed by atoms with Gasteiger partial charge in [-0.05, 0) is 42.0 Å². The highest BCUT2D eigenvalue weighted by atomic mass is 16.5. The molecule has 1 aliphatic carbocycles. The van der Waals surface area contributed by atoms with Crippen LogP contribution in [0.1, 0.15) is 57.1 Å². The lowest BCUT2D eigenvalue weighted by molar-refractivity contribution is -0.145. The molecule has 0 radical (unpaired) electrons. The number of rotatable bonds is 8. The molecule has 0 saturated carbocycles. The molecular weight excluding hydrogens is 426 g/mol. The number of fused-ring (bicyclic) bond motifs is 3. The first kappa shape index (κ1) is 25.9. The van der Waals surface area contributed by atoms with Gasteiger partial charge in [-0.2, -0.15) is 0 Å². The Morgan fingerprint density at radius 1 is 0.970 bits per heavy atom. The maximum Gasteiger partial charge on any atom is 0.407 e. The predicted molar refractivity (Wildman–Crippen MR) is 123 cm³/mol. The molecule has 1 amide bonds. The SMILES string of the molecule is CCC(C)(O)CC.O=C(O)CC(NC(=O)OCC1c2ccccc2-c2ccccc21)C(=O)O. The highest BCUT2D eigenvalue weighted by Crippen LogP contribution is 2.44. The van der Waals surface area contributed by atoms with Crippen LogP contribution in [-0.4, -0.2) is 51.6 Å². The molecule has 0 bridgehead atoms. The maximum atomic E-state index is 11.9. The van der Waals surface area contributed by atoms with Crippen LogP contribution < -0.4 is 5.32 Å². The molecule has 1 aliphatic rings. The van der Waals surface area contributed by atoms with E-state index in [4.69, 9.17) is 20.1 Å². The Labute approximate surface area is 193 Å². The first-order valence-electron chi connectivity index (χ1n) is 10.9. The summed E-state index contributed by atoms with van der Waals surface area (Å²) in [7, 11) is 0. The third-order valence-electron chi connectivity index (χ3n) is 5.84. The Morgan fingerprint density at radius 3 is 1.85 bits per heavy atom. The van der Waals surface area contributed by atoms with Crippen LogP contribution in [0, 0.1) is 0 Å². The summed E-state index contributed by atoms with van der Waals surface area (Å²) in [4.78, 5) is 33.6. The normalized spacial score (nSPS) is 13.1. The molecule has 8 heteroatoms. The fourth-order valence-electron chi connectivity index (χ4n) is 3.41. The van der Waals surface area contributed by atoms with Crippen LogP contribution in [0.3, 0.4) is 0 Å². The van der Waals surface area contributed by atoms with E-state index >= 15 is 0 Å². The lowest BCUT2D eigenvalue weighted by atomic mass is 9.98. The number of ether oxygens (including phenoxy) is 1. The molecule has 4 N–H and O–H groups in total. The van der Waals surface area contributed by atoms with Gasteiger partial charge in [0.15, 0.2) is 0 Å². The van der Waals surface area contributed by atoms with Crippen LogP contribution in [-0.2, 0) is 14.3 Å². The van der Waals surface area contributed by atoms with E-state index in [2.05, 4.69) is 5.32 Å². The number of amides is 1. The van der Waals surface area contributed by atoms with Crippen LogP contribution in [0.2, 0.25) is 0 Å². The second-order valence-corrected chi connectivity index (χ2v) is 8.16. The van der Waals surface area contributed by atoms with Gasteiger partial charge in [-0.3, -0.25) is 4.79 Å². The van der Waals surface area contributed by atoms with Crippen molar-refractivity contribution < 1.29 is 34.4 Å². The van der Waals surface area contributed by atoms with Crippen molar-refractivity contribution in [2.24, 2.45) is 0 Å². The highest BCUT2D eigenvalue weighted by Gasteiger charge is 2.30. The summed E-state index contributed by atoms with van der Waals surface area (Å²) in [5.74, 6) is -2.91. The third kappa shape index (κ3) is 7.05. The molecule has 178 valence electrons. The summed E-state index contributed by atoms with van der Waals surface area (Å²) < 4.78 is 5.20. The zero-order valence-corrected chi connectivity index (χ0v) is 19.1. The molecule has 3 rings (SSSR count). The standard InChI is InChI=1S/C19H17NO6.C6H14O/c21-17(22)9-16(18(23)24)20-19(25)26-10-15-13-7-3-1-5-11(13)12-6-2-4-8-14(12)15;1-4-6(3,7)5-2/h1-8,15-16H,9-10H2,(H,20,25)(H,21,22)(H,23,24);7H,4-5H2,1-3H3. The number of carboxylic acid groups (broad SMARTS) is 2. The quantitative estimate of drug-likeness (QED) is 0.471. The van der Waals surface area contributed by atoms with Crippen molar-refractivity contribution in [3.8, 4) is 11.1 Å². The van der Waals surface area contributed by atoms with Crippen molar-refractivity contribution in [1.82, 2.24) is 5.32 Å². The van der Waals surface area contributed by atoms with Gasteiger partial charge in [-0.25, -0.2) is 9.59 Å². The van der Waals surface area contributed by atoms with Gasteiger partial charge < -0.3 is 25.4 Å². The summed E-state index contributed by atoms with van der Waals surface area (Å²) >= 11 is 0. The van der Waals surface area contributed by atoms with Gasteiger partial charge in [-0.15, -0.1) is 0 Å². The number of aliphatic hydroxyl groups is 1. The smallest absolute Gasteiger partial charge is 0.407 e. The number of carboxylic acids is 2. The first-order chi connectivity index (χ1) is 15.6. The predicted octanol–water partition coefficient (Wildman–Crippen LogP) is 4.01. The van der Waals surface area contributed by atoms with Crippen molar-refractivity contribution in [3.63, 3.8) is 0 Å². The van der Waals surface area contributed by atoms with Crippen LogP contribution in [0.25, 0.3) is 11.1 Å². The molecule has 8 nitrogen and oxygen atoms in total. The van der Waals surface area contributed by atoms with E-state index in [1.54, 1.807) is 0 Å². The minimum Gasteiger partial charge on any atom is -0.481 e. The molecule has 0 fully saturated rings. The number of hydrogen-bond donors (Lipinski definition) is 4. The largest absolute Gasteiger partial charge is 0.481 e. The monoisotopic (exact) mass is 457 g/mol. The number of nitrogens with one attached hydrogen (secondary N) is 1. The maximum absolute atomic E-state index is 11.9. The number of alkyl carbamates (subject to hydrolysis) is 1. The second-order valence-electron chi connectivity index (χ2n) is 8.16. The highest BCUT2D eigenvalue weighted by molar-refractivity contribution is 5.84.